The molecular formula is C23H25N3O5. The van der Waals surface area contributed by atoms with Crippen LogP contribution in [0.5, 0.6) is 5.75 Å². The number of ether oxygens (including phenoxy) is 1. The first kappa shape index (κ1) is 22.0. The average molecular weight is 423 g/mol. The third-order valence-corrected chi connectivity index (χ3v) is 5.45. The minimum absolute atomic E-state index is 0.113. The fourth-order valence-corrected chi connectivity index (χ4v) is 3.67. The van der Waals surface area contributed by atoms with E-state index in [1.165, 1.54) is 31.4 Å². The van der Waals surface area contributed by atoms with Crippen LogP contribution in [0.15, 0.2) is 54.2 Å². The fraction of sp³-hybridized carbons (Fsp3) is 0.304. The van der Waals surface area contributed by atoms with Crippen molar-refractivity contribution in [3.63, 3.8) is 0 Å². The molecule has 1 N–H and O–H groups in total. The molecule has 0 atom stereocenters. The van der Waals surface area contributed by atoms with Crippen molar-refractivity contribution in [2.75, 3.05) is 14.2 Å². The largest absolute Gasteiger partial charge is 0.496 e. The third-order valence-electron chi connectivity index (χ3n) is 5.45. The summed E-state index contributed by atoms with van der Waals surface area (Å²) in [6.45, 7) is 0. The number of para-hydroxylation sites is 1. The first-order chi connectivity index (χ1) is 14.9. The van der Waals surface area contributed by atoms with E-state index in [1.807, 2.05) is 12.1 Å². The van der Waals surface area contributed by atoms with Crippen molar-refractivity contribution < 1.29 is 19.2 Å². The second-order valence-electron chi connectivity index (χ2n) is 7.41. The molecule has 2 aromatic rings. The summed E-state index contributed by atoms with van der Waals surface area (Å²) in [6, 6.07) is 12.6. The lowest BCUT2D eigenvalue weighted by atomic mass is 10.1. The van der Waals surface area contributed by atoms with Crippen LogP contribution in [0.2, 0.25) is 0 Å². The zero-order valence-electron chi connectivity index (χ0n) is 17.5. The molecule has 0 heterocycles. The van der Waals surface area contributed by atoms with Crippen molar-refractivity contribution in [2.45, 2.75) is 31.7 Å². The molecule has 0 radical (unpaired) electrons. The number of non-ortho nitro benzene ring substituents is 1. The Bertz CT molecular complexity index is 995. The summed E-state index contributed by atoms with van der Waals surface area (Å²) in [5.41, 5.74) is 0.866. The molecule has 1 aliphatic carbocycles. The average Bonchev–Trinajstić information content (AvgIpc) is 3.33. The van der Waals surface area contributed by atoms with E-state index in [4.69, 9.17) is 4.74 Å². The SMILES string of the molecule is COc1ccccc1/C=C(\NC(=O)c1ccc([N+](=O)[O-])cc1)C(=O)N(C)C1CCCC1. The number of nitro benzene ring substituents is 1. The minimum Gasteiger partial charge on any atom is -0.496 e. The number of carbonyl (C=O) groups is 2. The van der Waals surface area contributed by atoms with Crippen LogP contribution in [-0.2, 0) is 4.79 Å². The summed E-state index contributed by atoms with van der Waals surface area (Å²) in [5.74, 6) is -0.252. The quantitative estimate of drug-likeness (QED) is 0.415. The highest BCUT2D eigenvalue weighted by Crippen LogP contribution is 2.25. The Morgan fingerprint density at radius 1 is 1.13 bits per heavy atom. The second-order valence-corrected chi connectivity index (χ2v) is 7.41. The van der Waals surface area contributed by atoms with E-state index in [-0.39, 0.29) is 28.9 Å². The van der Waals surface area contributed by atoms with Gasteiger partial charge in [0.1, 0.15) is 11.4 Å². The Morgan fingerprint density at radius 3 is 2.39 bits per heavy atom. The number of amides is 2. The molecule has 1 fully saturated rings. The van der Waals surface area contributed by atoms with E-state index in [0.717, 1.165) is 25.7 Å². The molecule has 0 aliphatic heterocycles. The number of benzene rings is 2. The van der Waals surface area contributed by atoms with E-state index in [1.54, 1.807) is 30.2 Å². The van der Waals surface area contributed by atoms with Crippen LogP contribution in [0.25, 0.3) is 6.08 Å². The van der Waals surface area contributed by atoms with Gasteiger partial charge in [0.25, 0.3) is 17.5 Å². The predicted octanol–water partition coefficient (Wildman–Crippen LogP) is 3.78. The van der Waals surface area contributed by atoms with Crippen molar-refractivity contribution in [1.82, 2.24) is 10.2 Å². The lowest BCUT2D eigenvalue weighted by molar-refractivity contribution is -0.384. The summed E-state index contributed by atoms with van der Waals surface area (Å²) in [7, 11) is 3.28. The summed E-state index contributed by atoms with van der Waals surface area (Å²) in [4.78, 5) is 38.0. The van der Waals surface area contributed by atoms with Gasteiger partial charge in [-0.1, -0.05) is 31.0 Å². The van der Waals surface area contributed by atoms with E-state index >= 15 is 0 Å². The monoisotopic (exact) mass is 423 g/mol. The number of carbonyl (C=O) groups excluding carboxylic acids is 2. The Balaban J connectivity index is 1.91. The van der Waals surface area contributed by atoms with E-state index in [0.29, 0.717) is 11.3 Å². The summed E-state index contributed by atoms with van der Waals surface area (Å²) in [5, 5.41) is 13.5. The molecule has 8 nitrogen and oxygen atoms in total. The van der Waals surface area contributed by atoms with E-state index in [2.05, 4.69) is 5.32 Å². The van der Waals surface area contributed by atoms with Crippen LogP contribution < -0.4 is 10.1 Å². The van der Waals surface area contributed by atoms with Gasteiger partial charge in [0, 0.05) is 36.3 Å². The number of nitrogens with zero attached hydrogens (tertiary/aromatic N) is 2. The molecular weight excluding hydrogens is 398 g/mol. The Hall–Kier alpha value is -3.68. The zero-order chi connectivity index (χ0) is 22.4. The number of methoxy groups -OCH3 is 1. The van der Waals surface area contributed by atoms with Gasteiger partial charge in [-0.2, -0.15) is 0 Å². The lowest BCUT2D eigenvalue weighted by Gasteiger charge is -2.25. The maximum absolute atomic E-state index is 13.3. The number of nitro groups is 1. The zero-order valence-corrected chi connectivity index (χ0v) is 17.5. The van der Waals surface area contributed by atoms with Crippen LogP contribution in [0.1, 0.15) is 41.6 Å². The molecule has 2 aromatic carbocycles. The summed E-state index contributed by atoms with van der Waals surface area (Å²) < 4.78 is 5.37. The number of hydrogen-bond donors (Lipinski definition) is 1. The van der Waals surface area contributed by atoms with Gasteiger partial charge < -0.3 is 15.0 Å². The molecule has 31 heavy (non-hydrogen) atoms. The third kappa shape index (κ3) is 5.28. The molecule has 1 saturated carbocycles. The van der Waals surface area contributed by atoms with Crippen LogP contribution >= 0.6 is 0 Å². The molecule has 1 aliphatic rings. The van der Waals surface area contributed by atoms with Crippen molar-refractivity contribution in [1.29, 1.82) is 0 Å². The van der Waals surface area contributed by atoms with Crippen molar-refractivity contribution >= 4 is 23.6 Å². The van der Waals surface area contributed by atoms with Crippen molar-refractivity contribution in [2.24, 2.45) is 0 Å². The topological polar surface area (TPSA) is 102 Å². The maximum Gasteiger partial charge on any atom is 0.270 e. The van der Waals surface area contributed by atoms with Crippen LogP contribution in [0.3, 0.4) is 0 Å². The van der Waals surface area contributed by atoms with Gasteiger partial charge in [0.05, 0.1) is 12.0 Å². The van der Waals surface area contributed by atoms with Crippen molar-refractivity contribution in [3.05, 3.63) is 75.5 Å². The van der Waals surface area contributed by atoms with Gasteiger partial charge in [0.15, 0.2) is 0 Å². The van der Waals surface area contributed by atoms with Crippen molar-refractivity contribution in [3.8, 4) is 5.75 Å². The number of rotatable bonds is 7. The van der Waals surface area contributed by atoms with Gasteiger partial charge in [0.2, 0.25) is 0 Å². The highest BCUT2D eigenvalue weighted by atomic mass is 16.6. The van der Waals surface area contributed by atoms with Crippen LogP contribution in [0, 0.1) is 10.1 Å². The van der Waals surface area contributed by atoms with Gasteiger partial charge in [-0.3, -0.25) is 19.7 Å². The highest BCUT2D eigenvalue weighted by molar-refractivity contribution is 6.05. The normalized spacial score (nSPS) is 14.2. The fourth-order valence-electron chi connectivity index (χ4n) is 3.67. The smallest absolute Gasteiger partial charge is 0.270 e. The van der Waals surface area contributed by atoms with Crippen LogP contribution in [0.4, 0.5) is 5.69 Å². The Kier molecular flexibility index (Phi) is 7.02. The van der Waals surface area contributed by atoms with E-state index in [9.17, 15) is 19.7 Å². The summed E-state index contributed by atoms with van der Waals surface area (Å²) in [6.07, 6.45) is 5.60. The lowest BCUT2D eigenvalue weighted by Crippen LogP contribution is -2.40. The molecule has 0 spiro atoms. The van der Waals surface area contributed by atoms with Gasteiger partial charge in [-0.05, 0) is 37.1 Å². The van der Waals surface area contributed by atoms with Crippen LogP contribution in [-0.4, -0.2) is 41.8 Å². The molecule has 0 unspecified atom stereocenters. The molecule has 0 saturated heterocycles. The standard InChI is InChI=1S/C23H25N3O5/c1-25(18-8-4-5-9-18)23(28)20(15-17-7-3-6-10-21(17)31-2)24-22(27)16-11-13-19(14-12-16)26(29)30/h3,6-7,10-15,18H,4-5,8-9H2,1-2H3,(H,24,27)/b20-15-. The number of hydrogen-bond acceptors (Lipinski definition) is 5. The van der Waals surface area contributed by atoms with Gasteiger partial charge in [-0.25, -0.2) is 0 Å². The molecule has 0 aromatic heterocycles. The predicted molar refractivity (Wildman–Crippen MR) is 117 cm³/mol. The first-order valence-electron chi connectivity index (χ1n) is 10.1. The van der Waals surface area contributed by atoms with E-state index < -0.39 is 10.8 Å². The Morgan fingerprint density at radius 2 is 1.77 bits per heavy atom. The van der Waals surface area contributed by atoms with Gasteiger partial charge >= 0.3 is 0 Å². The number of likely N-dealkylation sites (N-methyl/N-ethyl adjacent to an activating group) is 1. The molecule has 162 valence electrons. The minimum atomic E-state index is -0.533. The molecule has 0 bridgehead atoms. The second kappa shape index (κ2) is 9.88. The molecule has 8 heteroatoms. The Labute approximate surface area is 180 Å². The van der Waals surface area contributed by atoms with Gasteiger partial charge in [-0.15, -0.1) is 0 Å². The molecule has 3 rings (SSSR count). The summed E-state index contributed by atoms with van der Waals surface area (Å²) >= 11 is 0. The first-order valence-corrected chi connectivity index (χ1v) is 10.1. The number of nitrogens with one attached hydrogen (secondary N) is 1. The molecule has 2 amide bonds. The maximum atomic E-state index is 13.3. The highest BCUT2D eigenvalue weighted by Gasteiger charge is 2.27.